The molecule has 0 aliphatic rings. The Kier molecular flexibility index (Phi) is 2.43. The van der Waals surface area contributed by atoms with Crippen LogP contribution < -0.4 is 10.7 Å². The van der Waals surface area contributed by atoms with Gasteiger partial charge < -0.3 is 4.84 Å². The van der Waals surface area contributed by atoms with Gasteiger partial charge in [0.15, 0.2) is 0 Å². The van der Waals surface area contributed by atoms with E-state index in [-0.39, 0.29) is 11.3 Å². The van der Waals surface area contributed by atoms with E-state index in [0.717, 1.165) is 6.07 Å². The van der Waals surface area contributed by atoms with Crippen molar-refractivity contribution in [2.75, 3.05) is 0 Å². The summed E-state index contributed by atoms with van der Waals surface area (Å²) in [6.07, 6.45) is 0. The summed E-state index contributed by atoms with van der Waals surface area (Å²) >= 11 is 0. The van der Waals surface area contributed by atoms with E-state index in [1.165, 1.54) is 13.0 Å². The van der Waals surface area contributed by atoms with Crippen LogP contribution in [-0.4, -0.2) is 4.92 Å². The Balaban J connectivity index is 3.33. The average molecular weight is 186 g/mol. The van der Waals surface area contributed by atoms with Gasteiger partial charge in [-0.1, -0.05) is 0 Å². The molecule has 0 atom stereocenters. The van der Waals surface area contributed by atoms with E-state index in [1.54, 1.807) is 0 Å². The maximum atomic E-state index is 12.9. The molecule has 5 nitrogen and oxygen atoms in total. The first-order chi connectivity index (χ1) is 6.06. The Morgan fingerprint density at radius 1 is 1.62 bits per heavy atom. The summed E-state index contributed by atoms with van der Waals surface area (Å²) < 4.78 is 12.9. The molecule has 1 rings (SSSR count). The molecule has 1 aromatic rings. The zero-order valence-corrected chi connectivity index (χ0v) is 6.78. The highest BCUT2D eigenvalue weighted by molar-refractivity contribution is 5.48. The van der Waals surface area contributed by atoms with Gasteiger partial charge >= 0.3 is 5.69 Å². The molecule has 0 radical (unpaired) electrons. The topological polar surface area (TPSA) is 78.4 Å². The summed E-state index contributed by atoms with van der Waals surface area (Å²) in [6.45, 7) is 1.46. The normalized spacial score (nSPS) is 9.77. The highest BCUT2D eigenvalue weighted by Gasteiger charge is 2.17. The molecule has 0 aromatic heterocycles. The van der Waals surface area contributed by atoms with Gasteiger partial charge in [-0.3, -0.25) is 10.1 Å². The first-order valence-corrected chi connectivity index (χ1v) is 3.37. The van der Waals surface area contributed by atoms with Crippen molar-refractivity contribution in [1.82, 2.24) is 0 Å². The third kappa shape index (κ3) is 1.73. The Labute approximate surface area is 73.0 Å². The van der Waals surface area contributed by atoms with E-state index in [4.69, 9.17) is 5.90 Å². The van der Waals surface area contributed by atoms with Gasteiger partial charge in [0.25, 0.3) is 0 Å². The Morgan fingerprint density at radius 3 is 2.69 bits per heavy atom. The number of nitrogens with zero attached hydrogens (tertiary/aromatic N) is 1. The van der Waals surface area contributed by atoms with Gasteiger partial charge in [0.1, 0.15) is 5.82 Å². The lowest BCUT2D eigenvalue weighted by Crippen LogP contribution is -2.05. The van der Waals surface area contributed by atoms with Crippen LogP contribution in [0.3, 0.4) is 0 Å². The molecule has 0 bridgehead atoms. The summed E-state index contributed by atoms with van der Waals surface area (Å²) in [7, 11) is 0. The van der Waals surface area contributed by atoms with Gasteiger partial charge in [-0.2, -0.15) is 5.90 Å². The minimum Gasteiger partial charge on any atom is -0.404 e. The number of aryl methyl sites for hydroxylation is 1. The molecule has 0 amide bonds. The van der Waals surface area contributed by atoms with Crippen molar-refractivity contribution < 1.29 is 14.2 Å². The highest BCUT2D eigenvalue weighted by atomic mass is 19.1. The minimum absolute atomic E-state index is 0.149. The quantitative estimate of drug-likeness (QED) is 0.557. The number of nitro benzene ring substituents is 1. The van der Waals surface area contributed by atoms with Crippen LogP contribution in [0.1, 0.15) is 5.56 Å². The summed E-state index contributed by atoms with van der Waals surface area (Å²) in [5.41, 5.74) is -0.239. The molecule has 1 aromatic carbocycles. The molecule has 70 valence electrons. The molecule has 0 unspecified atom stereocenters. The zero-order valence-electron chi connectivity index (χ0n) is 6.78. The van der Waals surface area contributed by atoms with E-state index < -0.39 is 16.4 Å². The molecule has 0 saturated heterocycles. The van der Waals surface area contributed by atoms with Crippen LogP contribution in [0.2, 0.25) is 0 Å². The van der Waals surface area contributed by atoms with E-state index in [2.05, 4.69) is 4.84 Å². The lowest BCUT2D eigenvalue weighted by Gasteiger charge is -2.02. The van der Waals surface area contributed by atoms with Gasteiger partial charge in [-0.25, -0.2) is 4.39 Å². The number of halogens is 1. The second-order valence-electron chi connectivity index (χ2n) is 2.44. The fourth-order valence-electron chi connectivity index (χ4n) is 0.882. The maximum absolute atomic E-state index is 12.9. The molecule has 0 heterocycles. The van der Waals surface area contributed by atoms with Crippen molar-refractivity contribution in [2.45, 2.75) is 6.92 Å². The molecular weight excluding hydrogens is 179 g/mol. The Bertz CT molecular complexity index is 354. The van der Waals surface area contributed by atoms with Crippen LogP contribution in [0.15, 0.2) is 12.1 Å². The van der Waals surface area contributed by atoms with Gasteiger partial charge in [0.05, 0.1) is 11.0 Å². The molecule has 0 aliphatic heterocycles. The number of hydrogen-bond donors (Lipinski definition) is 1. The molecule has 2 N–H and O–H groups in total. The number of benzene rings is 1. The van der Waals surface area contributed by atoms with Gasteiger partial charge in [-0.05, 0) is 18.6 Å². The first-order valence-electron chi connectivity index (χ1n) is 3.37. The molecular formula is C7H7FN2O3. The van der Waals surface area contributed by atoms with Crippen molar-refractivity contribution >= 4 is 5.69 Å². The molecule has 0 saturated carbocycles. The van der Waals surface area contributed by atoms with Gasteiger partial charge in [0.2, 0.25) is 5.75 Å². The largest absolute Gasteiger partial charge is 0.404 e. The predicted molar refractivity (Wildman–Crippen MR) is 42.6 cm³/mol. The van der Waals surface area contributed by atoms with Gasteiger partial charge in [0, 0.05) is 0 Å². The number of rotatable bonds is 2. The second-order valence-corrected chi connectivity index (χ2v) is 2.44. The van der Waals surface area contributed by atoms with Gasteiger partial charge in [-0.15, -0.1) is 0 Å². The maximum Gasteiger partial charge on any atom is 0.316 e. The van der Waals surface area contributed by atoms with E-state index >= 15 is 0 Å². The van der Waals surface area contributed by atoms with E-state index in [9.17, 15) is 14.5 Å². The Morgan fingerprint density at radius 2 is 2.23 bits per heavy atom. The lowest BCUT2D eigenvalue weighted by atomic mass is 10.2. The third-order valence-corrected chi connectivity index (χ3v) is 1.56. The summed E-state index contributed by atoms with van der Waals surface area (Å²) in [6, 6.07) is 1.95. The third-order valence-electron chi connectivity index (χ3n) is 1.56. The summed E-state index contributed by atoms with van der Waals surface area (Å²) in [5, 5.41) is 10.3. The highest BCUT2D eigenvalue weighted by Crippen LogP contribution is 2.28. The summed E-state index contributed by atoms with van der Waals surface area (Å²) in [4.78, 5) is 13.8. The fraction of sp³-hybridized carbons (Fsp3) is 0.143. The second kappa shape index (κ2) is 3.36. The van der Waals surface area contributed by atoms with Crippen LogP contribution in [0.5, 0.6) is 5.75 Å². The van der Waals surface area contributed by atoms with Crippen molar-refractivity contribution in [3.63, 3.8) is 0 Å². The first kappa shape index (κ1) is 9.40. The zero-order chi connectivity index (χ0) is 10.0. The molecule has 0 fully saturated rings. The standard InChI is InChI=1S/C7H7FN2O3/c1-4-2-7(13-9)6(10(11)12)3-5(4)8/h2-3H,9H2,1H3. The minimum atomic E-state index is -0.759. The SMILES string of the molecule is Cc1cc(ON)c([N+](=O)[O-])cc1F. The molecule has 6 heteroatoms. The average Bonchev–Trinajstić information content (AvgIpc) is 2.08. The van der Waals surface area contributed by atoms with Crippen LogP contribution in [0, 0.1) is 22.9 Å². The summed E-state index contributed by atoms with van der Waals surface area (Å²) in [5.74, 6) is 3.97. The molecule has 0 aliphatic carbocycles. The van der Waals surface area contributed by atoms with E-state index in [0.29, 0.717) is 0 Å². The van der Waals surface area contributed by atoms with Crippen LogP contribution in [0.4, 0.5) is 10.1 Å². The smallest absolute Gasteiger partial charge is 0.316 e. The predicted octanol–water partition coefficient (Wildman–Crippen LogP) is 1.29. The monoisotopic (exact) mass is 186 g/mol. The molecule has 0 spiro atoms. The van der Waals surface area contributed by atoms with Crippen molar-refractivity contribution in [3.8, 4) is 5.75 Å². The van der Waals surface area contributed by atoms with Crippen molar-refractivity contribution in [2.24, 2.45) is 5.90 Å². The van der Waals surface area contributed by atoms with Crippen LogP contribution in [-0.2, 0) is 0 Å². The van der Waals surface area contributed by atoms with E-state index in [1.807, 2.05) is 0 Å². The van der Waals surface area contributed by atoms with Crippen LogP contribution >= 0.6 is 0 Å². The number of nitrogens with two attached hydrogens (primary N) is 1. The fourth-order valence-corrected chi connectivity index (χ4v) is 0.882. The number of nitro groups is 1. The molecule has 13 heavy (non-hydrogen) atoms. The lowest BCUT2D eigenvalue weighted by molar-refractivity contribution is -0.386. The van der Waals surface area contributed by atoms with Crippen molar-refractivity contribution in [3.05, 3.63) is 33.6 Å². The van der Waals surface area contributed by atoms with Crippen molar-refractivity contribution in [1.29, 1.82) is 0 Å². The van der Waals surface area contributed by atoms with Crippen LogP contribution in [0.25, 0.3) is 0 Å². The number of hydrogen-bond acceptors (Lipinski definition) is 4. The Hall–Kier alpha value is -1.69.